The van der Waals surface area contributed by atoms with Gasteiger partial charge in [-0.15, -0.1) is 11.3 Å². The highest BCUT2D eigenvalue weighted by Gasteiger charge is 2.33. The number of hydrogen-bond acceptors (Lipinski definition) is 6. The van der Waals surface area contributed by atoms with E-state index in [0.717, 1.165) is 31.1 Å². The van der Waals surface area contributed by atoms with E-state index in [1.54, 1.807) is 28.1 Å². The van der Waals surface area contributed by atoms with Crippen LogP contribution in [0.4, 0.5) is 0 Å². The first-order chi connectivity index (χ1) is 14.4. The average Bonchev–Trinajstić information content (AvgIpc) is 3.25. The Bertz CT molecular complexity index is 992. The first-order valence-electron chi connectivity index (χ1n) is 10.2. The lowest BCUT2D eigenvalue weighted by Gasteiger charge is -2.35. The van der Waals surface area contributed by atoms with Crippen LogP contribution in [0.15, 0.2) is 40.6 Å². The van der Waals surface area contributed by atoms with Crippen molar-refractivity contribution in [3.05, 3.63) is 51.7 Å². The monoisotopic (exact) mass is 465 g/mol. The Labute approximate surface area is 186 Å². The molecule has 0 radical (unpaired) electrons. The van der Waals surface area contributed by atoms with Crippen LogP contribution in [0.5, 0.6) is 0 Å². The number of carbonyl (C=O) groups excluding carboxylic acids is 1. The van der Waals surface area contributed by atoms with E-state index in [0.29, 0.717) is 31.1 Å². The zero-order valence-corrected chi connectivity index (χ0v) is 19.6. The van der Waals surface area contributed by atoms with E-state index < -0.39 is 10.0 Å². The van der Waals surface area contributed by atoms with Gasteiger partial charge in [-0.25, -0.2) is 8.42 Å². The largest absolute Gasteiger partial charge is 0.335 e. The summed E-state index contributed by atoms with van der Waals surface area (Å²) >= 11 is 2.99. The van der Waals surface area contributed by atoms with Crippen molar-refractivity contribution in [2.24, 2.45) is 0 Å². The third-order valence-electron chi connectivity index (χ3n) is 5.56. The molecular formula is C21H27N3O3S3. The quantitative estimate of drug-likeness (QED) is 0.680. The van der Waals surface area contributed by atoms with Gasteiger partial charge in [0.05, 0.1) is 0 Å². The van der Waals surface area contributed by atoms with Crippen molar-refractivity contribution in [2.75, 3.05) is 50.8 Å². The topological polar surface area (TPSA) is 60.9 Å². The predicted octanol–water partition coefficient (Wildman–Crippen LogP) is 2.75. The molecule has 2 aromatic rings. The van der Waals surface area contributed by atoms with Gasteiger partial charge in [-0.05, 0) is 23.9 Å². The number of carbonyl (C=O) groups is 1. The summed E-state index contributed by atoms with van der Waals surface area (Å²) in [7, 11) is -3.62. The molecule has 3 heterocycles. The van der Waals surface area contributed by atoms with Gasteiger partial charge in [-0.3, -0.25) is 9.69 Å². The molecule has 0 atom stereocenters. The molecule has 0 N–H and O–H groups in total. The predicted molar refractivity (Wildman–Crippen MR) is 123 cm³/mol. The number of aryl methyl sites for hydroxylation is 1. The number of thioether (sulfide) groups is 1. The summed E-state index contributed by atoms with van der Waals surface area (Å²) < 4.78 is 27.7. The molecule has 1 aromatic carbocycles. The number of nitrogens with zero attached hydrogens (tertiary/aromatic N) is 3. The maximum absolute atomic E-state index is 13.2. The number of benzene rings is 1. The fourth-order valence-corrected chi connectivity index (χ4v) is 7.84. The maximum Gasteiger partial charge on any atom is 0.265 e. The number of rotatable bonds is 5. The molecule has 9 heteroatoms. The Morgan fingerprint density at radius 3 is 2.47 bits per heavy atom. The Morgan fingerprint density at radius 2 is 1.77 bits per heavy atom. The Hall–Kier alpha value is -1.39. The number of piperazine rings is 1. The van der Waals surface area contributed by atoms with Crippen LogP contribution in [-0.2, 0) is 16.6 Å². The van der Waals surface area contributed by atoms with Crippen LogP contribution in [-0.4, -0.2) is 79.2 Å². The van der Waals surface area contributed by atoms with Gasteiger partial charge in [0.25, 0.3) is 5.91 Å². The van der Waals surface area contributed by atoms with Crippen LogP contribution in [0.1, 0.15) is 20.8 Å². The summed E-state index contributed by atoms with van der Waals surface area (Å²) in [6.07, 6.45) is 0. The van der Waals surface area contributed by atoms with Gasteiger partial charge in [-0.1, -0.05) is 29.8 Å². The van der Waals surface area contributed by atoms with Crippen molar-refractivity contribution >= 4 is 39.0 Å². The zero-order valence-electron chi connectivity index (χ0n) is 17.1. The Morgan fingerprint density at radius 1 is 1.03 bits per heavy atom. The van der Waals surface area contributed by atoms with Crippen LogP contribution >= 0.6 is 23.1 Å². The molecule has 1 amide bonds. The van der Waals surface area contributed by atoms with Crippen molar-refractivity contribution in [1.82, 2.24) is 14.1 Å². The first-order valence-corrected chi connectivity index (χ1v) is 13.6. The molecule has 2 fully saturated rings. The van der Waals surface area contributed by atoms with Crippen molar-refractivity contribution < 1.29 is 13.2 Å². The minimum atomic E-state index is -3.62. The lowest BCUT2D eigenvalue weighted by Crippen LogP contribution is -2.48. The smallest absolute Gasteiger partial charge is 0.265 e. The van der Waals surface area contributed by atoms with Gasteiger partial charge in [0.1, 0.15) is 9.77 Å². The second-order valence-corrected chi connectivity index (χ2v) is 11.7. The fraction of sp³-hybridized carbons (Fsp3) is 0.476. The molecule has 2 aliphatic heterocycles. The van der Waals surface area contributed by atoms with E-state index >= 15 is 0 Å². The first kappa shape index (κ1) is 21.8. The molecule has 4 rings (SSSR count). The number of amides is 1. The van der Waals surface area contributed by atoms with Gasteiger partial charge >= 0.3 is 0 Å². The van der Waals surface area contributed by atoms with E-state index in [2.05, 4.69) is 36.1 Å². The van der Waals surface area contributed by atoms with Gasteiger partial charge in [0.15, 0.2) is 0 Å². The van der Waals surface area contributed by atoms with E-state index in [4.69, 9.17) is 0 Å². The minimum Gasteiger partial charge on any atom is -0.335 e. The lowest BCUT2D eigenvalue weighted by molar-refractivity contribution is 0.0629. The SMILES string of the molecule is Cc1cccc(CN2CCN(C(=O)c3sccc3S(=O)(=O)N3CCSCC3)CC2)c1. The summed E-state index contributed by atoms with van der Waals surface area (Å²) in [6.45, 7) is 6.78. The molecule has 0 unspecified atom stereocenters. The van der Waals surface area contributed by atoms with Crippen molar-refractivity contribution in [1.29, 1.82) is 0 Å². The molecule has 2 aliphatic rings. The maximum atomic E-state index is 13.2. The van der Waals surface area contributed by atoms with E-state index in [1.807, 2.05) is 0 Å². The van der Waals surface area contributed by atoms with Crippen molar-refractivity contribution in [2.45, 2.75) is 18.4 Å². The molecule has 0 spiro atoms. The van der Waals surface area contributed by atoms with Crippen molar-refractivity contribution in [3.63, 3.8) is 0 Å². The highest BCUT2D eigenvalue weighted by atomic mass is 32.2. The number of sulfonamides is 1. The summed E-state index contributed by atoms with van der Waals surface area (Å²) in [5, 5.41) is 1.72. The molecule has 162 valence electrons. The second-order valence-electron chi connectivity index (χ2n) is 7.69. The van der Waals surface area contributed by atoms with Crippen LogP contribution in [0.3, 0.4) is 0 Å². The third kappa shape index (κ3) is 4.75. The summed E-state index contributed by atoms with van der Waals surface area (Å²) in [4.78, 5) is 17.8. The zero-order chi connectivity index (χ0) is 21.1. The Balaban J connectivity index is 1.41. The van der Waals surface area contributed by atoms with Crippen LogP contribution in [0.25, 0.3) is 0 Å². The Kier molecular flexibility index (Phi) is 6.84. The molecule has 2 saturated heterocycles. The van der Waals surface area contributed by atoms with E-state index in [1.165, 1.54) is 26.8 Å². The van der Waals surface area contributed by atoms with Gasteiger partial charge < -0.3 is 4.90 Å². The van der Waals surface area contributed by atoms with Gasteiger partial charge in [0, 0.05) is 57.3 Å². The molecule has 0 bridgehead atoms. The minimum absolute atomic E-state index is 0.162. The molecule has 1 aromatic heterocycles. The van der Waals surface area contributed by atoms with Gasteiger partial charge in [-0.2, -0.15) is 16.1 Å². The van der Waals surface area contributed by atoms with Crippen LogP contribution in [0, 0.1) is 6.92 Å². The standard InChI is InChI=1S/C21H27N3O3S3/c1-17-3-2-4-18(15-17)16-22-6-8-23(9-7-22)21(25)20-19(5-12-29-20)30(26,27)24-10-13-28-14-11-24/h2-5,12,15H,6-11,13-14,16H2,1H3. The normalized spacial score (nSPS) is 19.2. The van der Waals surface area contributed by atoms with E-state index in [-0.39, 0.29) is 10.8 Å². The summed E-state index contributed by atoms with van der Waals surface area (Å²) in [6, 6.07) is 10.1. The second kappa shape index (κ2) is 9.40. The third-order valence-corrected chi connectivity index (χ3v) is 9.47. The van der Waals surface area contributed by atoms with E-state index in [9.17, 15) is 13.2 Å². The highest BCUT2D eigenvalue weighted by Crippen LogP contribution is 2.28. The lowest BCUT2D eigenvalue weighted by atomic mass is 10.1. The number of hydrogen-bond donors (Lipinski definition) is 0. The highest BCUT2D eigenvalue weighted by molar-refractivity contribution is 7.99. The van der Waals surface area contributed by atoms with Gasteiger partial charge in [0.2, 0.25) is 10.0 Å². The fourth-order valence-electron chi connectivity index (χ4n) is 3.90. The molecule has 0 aliphatic carbocycles. The molecule has 30 heavy (non-hydrogen) atoms. The summed E-state index contributed by atoms with van der Waals surface area (Å²) in [5.41, 5.74) is 2.53. The molecular weight excluding hydrogens is 438 g/mol. The molecule has 6 nitrogen and oxygen atoms in total. The van der Waals surface area contributed by atoms with Crippen LogP contribution < -0.4 is 0 Å². The average molecular weight is 466 g/mol. The van der Waals surface area contributed by atoms with Crippen LogP contribution in [0.2, 0.25) is 0 Å². The molecule has 0 saturated carbocycles. The number of thiophene rings is 1. The van der Waals surface area contributed by atoms with Crippen molar-refractivity contribution in [3.8, 4) is 0 Å². The summed E-state index contributed by atoms with van der Waals surface area (Å²) in [5.74, 6) is 1.44.